The highest BCUT2D eigenvalue weighted by atomic mass is 19.3. The monoisotopic (exact) mass is 186 g/mol. The van der Waals surface area contributed by atoms with E-state index in [1.54, 1.807) is 0 Å². The van der Waals surface area contributed by atoms with Gasteiger partial charge in [-0.1, -0.05) is 0 Å². The molecule has 0 aromatic heterocycles. The second kappa shape index (κ2) is 3.93. The second-order valence-corrected chi connectivity index (χ2v) is 1.82. The summed E-state index contributed by atoms with van der Waals surface area (Å²) in [5.41, 5.74) is 0. The van der Waals surface area contributed by atoms with Gasteiger partial charge in [-0.15, -0.1) is 0 Å². The van der Waals surface area contributed by atoms with Gasteiger partial charge in [-0.2, -0.15) is 8.78 Å². The molecule has 0 saturated heterocycles. The van der Waals surface area contributed by atoms with Crippen molar-refractivity contribution in [1.29, 1.82) is 0 Å². The lowest BCUT2D eigenvalue weighted by Crippen LogP contribution is -2.28. The summed E-state index contributed by atoms with van der Waals surface area (Å²) in [7, 11) is 0. The van der Waals surface area contributed by atoms with Gasteiger partial charge in [0, 0.05) is 0 Å². The van der Waals surface area contributed by atoms with Crippen molar-refractivity contribution in [3.8, 4) is 0 Å². The van der Waals surface area contributed by atoms with E-state index >= 15 is 0 Å². The Bertz CT molecular complexity index is 191. The second-order valence-electron chi connectivity index (χ2n) is 1.82. The molecule has 0 bridgehead atoms. The quantitative estimate of drug-likeness (QED) is 0.514. The molecule has 0 unspecified atom stereocenters. The molecule has 0 radical (unpaired) electrons. The van der Waals surface area contributed by atoms with Crippen LogP contribution in [-0.2, 0) is 14.3 Å². The van der Waals surface area contributed by atoms with Gasteiger partial charge < -0.3 is 9.84 Å². The number of ether oxygens (including phenoxy) is 1. The number of alkyl halides is 3. The molecule has 1 N–H and O–H groups in total. The van der Waals surface area contributed by atoms with Gasteiger partial charge in [0.05, 0.1) is 0 Å². The van der Waals surface area contributed by atoms with Crippen LogP contribution in [0.15, 0.2) is 0 Å². The van der Waals surface area contributed by atoms with Crippen LogP contribution >= 0.6 is 0 Å². The fourth-order valence-corrected chi connectivity index (χ4v) is 0.353. The van der Waals surface area contributed by atoms with Crippen molar-refractivity contribution < 1.29 is 32.6 Å². The molecule has 0 saturated carbocycles. The zero-order valence-electron chi connectivity index (χ0n) is 5.72. The lowest BCUT2D eigenvalue weighted by molar-refractivity contribution is -0.238. The third-order valence-corrected chi connectivity index (χ3v) is 0.714. The molecule has 0 aromatic rings. The minimum absolute atomic E-state index is 1.21. The Hall–Kier alpha value is -1.27. The summed E-state index contributed by atoms with van der Waals surface area (Å²) >= 11 is 0. The maximum Gasteiger partial charge on any atom is 0.429 e. The number of halogens is 3. The number of carboxylic acid groups (broad SMARTS) is 1. The average Bonchev–Trinajstić information content (AvgIpc) is 1.84. The van der Waals surface area contributed by atoms with E-state index in [0.717, 1.165) is 0 Å². The Labute approximate surface area is 64.9 Å². The van der Waals surface area contributed by atoms with Gasteiger partial charge >= 0.3 is 18.0 Å². The van der Waals surface area contributed by atoms with Gasteiger partial charge in [0.1, 0.15) is 6.42 Å². The Balaban J connectivity index is 3.92. The van der Waals surface area contributed by atoms with Gasteiger partial charge in [-0.3, -0.25) is 9.59 Å². The summed E-state index contributed by atoms with van der Waals surface area (Å²) in [6.07, 6.45) is -5.44. The van der Waals surface area contributed by atoms with E-state index in [1.807, 2.05) is 0 Å². The van der Waals surface area contributed by atoms with E-state index in [9.17, 15) is 22.8 Å². The summed E-state index contributed by atoms with van der Waals surface area (Å²) in [6.45, 7) is -2.17. The van der Waals surface area contributed by atoms with E-state index in [1.165, 1.54) is 0 Å². The molecule has 0 heterocycles. The number of carboxylic acids is 1. The number of esters is 1. The predicted molar refractivity (Wildman–Crippen MR) is 29.3 cm³/mol. The fraction of sp³-hybridized carbons (Fsp3) is 0.600. The van der Waals surface area contributed by atoms with Gasteiger partial charge in [-0.05, 0) is 0 Å². The van der Waals surface area contributed by atoms with Crippen molar-refractivity contribution in [2.45, 2.75) is 12.5 Å². The first-order chi connectivity index (χ1) is 5.37. The van der Waals surface area contributed by atoms with Crippen LogP contribution in [0.4, 0.5) is 13.2 Å². The van der Waals surface area contributed by atoms with Gasteiger partial charge in [-0.25, -0.2) is 4.39 Å². The highest BCUT2D eigenvalue weighted by Gasteiger charge is 2.34. The van der Waals surface area contributed by atoms with Crippen LogP contribution in [0.5, 0.6) is 0 Å². The van der Waals surface area contributed by atoms with E-state index in [-0.39, 0.29) is 0 Å². The predicted octanol–water partition coefficient (Wildman–Crippen LogP) is 0.567. The molecule has 0 aliphatic heterocycles. The molecule has 0 rings (SSSR count). The molecule has 4 nitrogen and oxygen atoms in total. The molecule has 0 aliphatic carbocycles. The third kappa shape index (κ3) is 4.53. The van der Waals surface area contributed by atoms with Gasteiger partial charge in [0.15, 0.2) is 6.67 Å². The molecule has 7 heteroatoms. The molecule has 70 valence electrons. The van der Waals surface area contributed by atoms with Crippen molar-refractivity contribution in [2.24, 2.45) is 0 Å². The Morgan fingerprint density at radius 2 is 1.92 bits per heavy atom. The lowest BCUT2D eigenvalue weighted by Gasteiger charge is -2.11. The van der Waals surface area contributed by atoms with Crippen LogP contribution in [0.2, 0.25) is 0 Å². The first-order valence-corrected chi connectivity index (χ1v) is 2.75. The van der Waals surface area contributed by atoms with Crippen LogP contribution in [0.1, 0.15) is 6.42 Å². The fourth-order valence-electron chi connectivity index (χ4n) is 0.353. The molecule has 0 amide bonds. The molecule has 0 fully saturated rings. The zero-order valence-corrected chi connectivity index (χ0v) is 5.72. The van der Waals surface area contributed by atoms with Crippen molar-refractivity contribution in [1.82, 2.24) is 0 Å². The maximum atomic E-state index is 11.8. The van der Waals surface area contributed by atoms with E-state index in [0.29, 0.717) is 0 Å². The van der Waals surface area contributed by atoms with Crippen LogP contribution in [-0.4, -0.2) is 29.8 Å². The Morgan fingerprint density at radius 3 is 2.25 bits per heavy atom. The Kier molecular flexibility index (Phi) is 3.52. The summed E-state index contributed by atoms with van der Waals surface area (Å²) < 4.78 is 38.1. The molecule has 0 aromatic carbocycles. The normalized spacial score (nSPS) is 10.9. The van der Waals surface area contributed by atoms with Crippen LogP contribution in [0, 0.1) is 0 Å². The SMILES string of the molecule is O=C(O)CC(=O)OC(F)(F)CF. The van der Waals surface area contributed by atoms with E-state index in [4.69, 9.17) is 5.11 Å². The lowest BCUT2D eigenvalue weighted by atomic mass is 10.4. The minimum atomic E-state index is -4.23. The first kappa shape index (κ1) is 10.7. The number of carbonyl (C=O) groups excluding carboxylic acids is 1. The third-order valence-electron chi connectivity index (χ3n) is 0.714. The molecular weight excluding hydrogens is 181 g/mol. The molecule has 0 spiro atoms. The van der Waals surface area contributed by atoms with Crippen molar-refractivity contribution in [3.05, 3.63) is 0 Å². The highest BCUT2D eigenvalue weighted by Crippen LogP contribution is 2.16. The van der Waals surface area contributed by atoms with E-state index in [2.05, 4.69) is 4.74 Å². The van der Waals surface area contributed by atoms with Crippen molar-refractivity contribution in [3.63, 3.8) is 0 Å². The van der Waals surface area contributed by atoms with Crippen molar-refractivity contribution >= 4 is 11.9 Å². The van der Waals surface area contributed by atoms with Crippen molar-refractivity contribution in [2.75, 3.05) is 6.67 Å². The number of rotatable bonds is 4. The van der Waals surface area contributed by atoms with E-state index < -0.39 is 31.1 Å². The summed E-state index contributed by atoms with van der Waals surface area (Å²) in [6, 6.07) is 0. The summed E-state index contributed by atoms with van der Waals surface area (Å²) in [4.78, 5) is 19.9. The first-order valence-electron chi connectivity index (χ1n) is 2.75. The van der Waals surface area contributed by atoms with Crippen LogP contribution in [0.3, 0.4) is 0 Å². The summed E-state index contributed by atoms with van der Waals surface area (Å²) in [5.74, 6) is -3.29. The van der Waals surface area contributed by atoms with Gasteiger partial charge in [0.2, 0.25) is 0 Å². The number of carbonyl (C=O) groups is 2. The molecule has 12 heavy (non-hydrogen) atoms. The number of hydrogen-bond donors (Lipinski definition) is 1. The largest absolute Gasteiger partial charge is 0.481 e. The van der Waals surface area contributed by atoms with Gasteiger partial charge in [0.25, 0.3) is 0 Å². The summed E-state index contributed by atoms with van der Waals surface area (Å²) in [5, 5.41) is 7.91. The van der Waals surface area contributed by atoms with Crippen LogP contribution < -0.4 is 0 Å². The standard InChI is InChI=1S/C5H5F3O4/c6-2-5(7,8)12-4(11)1-3(9)10/h1-2H2,(H,9,10). The molecule has 0 aliphatic rings. The topological polar surface area (TPSA) is 63.6 Å². The number of aliphatic carboxylic acids is 1. The van der Waals surface area contributed by atoms with Crippen LogP contribution in [0.25, 0.3) is 0 Å². The maximum absolute atomic E-state index is 11.8. The smallest absolute Gasteiger partial charge is 0.429 e. The average molecular weight is 186 g/mol. The Morgan fingerprint density at radius 1 is 1.42 bits per heavy atom. The molecule has 0 atom stereocenters. The molecular formula is C5H5F3O4. The highest BCUT2D eigenvalue weighted by molar-refractivity contribution is 5.90. The zero-order chi connectivity index (χ0) is 9.78. The number of hydrogen-bond acceptors (Lipinski definition) is 3. The minimum Gasteiger partial charge on any atom is -0.481 e.